The van der Waals surface area contributed by atoms with E-state index < -0.39 is 0 Å². The molecule has 48 valence electrons. The van der Waals surface area contributed by atoms with Crippen LogP contribution in [0.3, 0.4) is 0 Å². The van der Waals surface area contributed by atoms with Crippen LogP contribution in [0.25, 0.3) is 0 Å². The molecule has 1 atom stereocenters. The highest BCUT2D eigenvalue weighted by molar-refractivity contribution is 4.61. The molecule has 0 aromatic carbocycles. The molecule has 1 rings (SSSR count). The number of rotatable bonds is 1. The summed E-state index contributed by atoms with van der Waals surface area (Å²) in [5, 5.41) is 3.16. The Balaban J connectivity index is 2.13. The third-order valence-corrected chi connectivity index (χ3v) is 1.57. The molecule has 8 heavy (non-hydrogen) atoms. The molecule has 1 aliphatic rings. The summed E-state index contributed by atoms with van der Waals surface area (Å²) in [7, 11) is 0. The first-order chi connectivity index (χ1) is 3.93. The summed E-state index contributed by atoms with van der Waals surface area (Å²) in [6.07, 6.45) is 1.23. The van der Waals surface area contributed by atoms with Gasteiger partial charge in [-0.2, -0.15) is 0 Å². The average molecular weight is 115 g/mol. The molecular weight excluding hydrogens is 102 g/mol. The molecule has 0 saturated carbocycles. The summed E-state index contributed by atoms with van der Waals surface area (Å²) < 4.78 is 5.16. The van der Waals surface area contributed by atoms with Crippen LogP contribution in [0.2, 0.25) is 0 Å². The smallest absolute Gasteiger partial charge is 0.0965 e. The van der Waals surface area contributed by atoms with Crippen molar-refractivity contribution < 1.29 is 4.74 Å². The van der Waals surface area contributed by atoms with Crippen molar-refractivity contribution >= 4 is 0 Å². The van der Waals surface area contributed by atoms with Crippen LogP contribution in [0.5, 0.6) is 0 Å². The Kier molecular flexibility index (Phi) is 2.30. The third kappa shape index (κ3) is 1.46. The molecule has 0 spiro atoms. The van der Waals surface area contributed by atoms with Crippen LogP contribution in [0, 0.1) is 5.92 Å². The minimum atomic E-state index is 0.747. The molecule has 0 aromatic heterocycles. The Morgan fingerprint density at radius 2 is 2.62 bits per heavy atom. The van der Waals surface area contributed by atoms with Crippen molar-refractivity contribution in [3.8, 4) is 0 Å². The fraction of sp³-hybridized carbons (Fsp3) is 1.00. The molecule has 0 bridgehead atoms. The Bertz CT molecular complexity index is 59.5. The van der Waals surface area contributed by atoms with Gasteiger partial charge in [-0.25, -0.2) is 0 Å². The van der Waals surface area contributed by atoms with E-state index in [1.54, 1.807) is 0 Å². The molecule has 0 radical (unpaired) electrons. The van der Waals surface area contributed by atoms with Crippen molar-refractivity contribution in [1.29, 1.82) is 0 Å². The molecule has 2 nitrogen and oxygen atoms in total. The number of hydrogen-bond acceptors (Lipinski definition) is 2. The van der Waals surface area contributed by atoms with Gasteiger partial charge in [0.25, 0.3) is 0 Å². The van der Waals surface area contributed by atoms with Crippen molar-refractivity contribution in [2.45, 2.75) is 13.3 Å². The van der Waals surface area contributed by atoms with E-state index in [1.807, 2.05) is 0 Å². The van der Waals surface area contributed by atoms with Crippen LogP contribution in [0.4, 0.5) is 0 Å². The summed E-state index contributed by atoms with van der Waals surface area (Å²) in [6, 6.07) is 0. The summed E-state index contributed by atoms with van der Waals surface area (Å²) in [6.45, 7) is 5.03. The van der Waals surface area contributed by atoms with Crippen molar-refractivity contribution in [3.05, 3.63) is 0 Å². The summed E-state index contributed by atoms with van der Waals surface area (Å²) in [4.78, 5) is 0. The number of hydrogen-bond donors (Lipinski definition) is 1. The second kappa shape index (κ2) is 3.05. The van der Waals surface area contributed by atoms with E-state index in [9.17, 15) is 0 Å². The second-order valence-electron chi connectivity index (χ2n) is 2.24. The molecule has 1 unspecified atom stereocenters. The van der Waals surface area contributed by atoms with Crippen LogP contribution in [0.1, 0.15) is 13.3 Å². The first kappa shape index (κ1) is 6.05. The lowest BCUT2D eigenvalue weighted by atomic mass is 10.1. The normalized spacial score (nSPS) is 30.4. The molecule has 1 N–H and O–H groups in total. The number of ether oxygens (including phenoxy) is 1. The largest absolute Gasteiger partial charge is 0.366 e. The highest BCUT2D eigenvalue weighted by Gasteiger charge is 2.09. The van der Waals surface area contributed by atoms with Gasteiger partial charge >= 0.3 is 0 Å². The SMILES string of the molecule is CCC1CNCOC1. The monoisotopic (exact) mass is 115 g/mol. The molecule has 1 heterocycles. The third-order valence-electron chi connectivity index (χ3n) is 1.57. The van der Waals surface area contributed by atoms with Crippen molar-refractivity contribution in [2.75, 3.05) is 19.9 Å². The summed E-state index contributed by atoms with van der Waals surface area (Å²) in [5.41, 5.74) is 0. The van der Waals surface area contributed by atoms with Crippen LogP contribution >= 0.6 is 0 Å². The maximum Gasteiger partial charge on any atom is 0.0965 e. The van der Waals surface area contributed by atoms with E-state index in [0.29, 0.717) is 0 Å². The fourth-order valence-corrected chi connectivity index (χ4v) is 0.882. The van der Waals surface area contributed by atoms with Gasteiger partial charge < -0.3 is 4.74 Å². The first-order valence-electron chi connectivity index (χ1n) is 3.22. The Morgan fingerprint density at radius 1 is 1.75 bits per heavy atom. The molecule has 0 aliphatic carbocycles. The van der Waals surface area contributed by atoms with Gasteiger partial charge in [-0.1, -0.05) is 6.92 Å². The Hall–Kier alpha value is -0.0800. The van der Waals surface area contributed by atoms with E-state index >= 15 is 0 Å². The standard InChI is InChI=1S/C6H13NO/c1-2-6-3-7-5-8-4-6/h6-7H,2-5H2,1H3. The summed E-state index contributed by atoms with van der Waals surface area (Å²) >= 11 is 0. The van der Waals surface area contributed by atoms with E-state index in [1.165, 1.54) is 6.42 Å². The molecule has 0 aromatic rings. The number of nitrogens with one attached hydrogen (secondary N) is 1. The van der Waals surface area contributed by atoms with E-state index in [-0.39, 0.29) is 0 Å². The zero-order valence-electron chi connectivity index (χ0n) is 5.31. The van der Waals surface area contributed by atoms with Gasteiger partial charge in [0.15, 0.2) is 0 Å². The lowest BCUT2D eigenvalue weighted by Gasteiger charge is -2.21. The second-order valence-corrected chi connectivity index (χ2v) is 2.24. The topological polar surface area (TPSA) is 21.3 Å². The van der Waals surface area contributed by atoms with Gasteiger partial charge in [-0.05, 0) is 12.3 Å². The average Bonchev–Trinajstić information content (AvgIpc) is 1.90. The quantitative estimate of drug-likeness (QED) is 0.540. The first-order valence-corrected chi connectivity index (χ1v) is 3.22. The highest BCUT2D eigenvalue weighted by atomic mass is 16.5. The molecule has 1 aliphatic heterocycles. The Morgan fingerprint density at radius 3 is 3.00 bits per heavy atom. The predicted molar refractivity (Wildman–Crippen MR) is 32.6 cm³/mol. The molecule has 0 amide bonds. The van der Waals surface area contributed by atoms with Gasteiger partial charge in [-0.15, -0.1) is 0 Å². The highest BCUT2D eigenvalue weighted by Crippen LogP contribution is 2.03. The maximum atomic E-state index is 5.16. The van der Waals surface area contributed by atoms with Crippen LogP contribution in [0.15, 0.2) is 0 Å². The Labute approximate surface area is 50.2 Å². The molecule has 1 saturated heterocycles. The van der Waals surface area contributed by atoms with E-state index in [0.717, 1.165) is 25.8 Å². The van der Waals surface area contributed by atoms with Crippen molar-refractivity contribution in [3.63, 3.8) is 0 Å². The van der Waals surface area contributed by atoms with Crippen LogP contribution < -0.4 is 5.32 Å². The van der Waals surface area contributed by atoms with Crippen molar-refractivity contribution in [1.82, 2.24) is 5.32 Å². The zero-order valence-corrected chi connectivity index (χ0v) is 5.31. The minimum Gasteiger partial charge on any atom is -0.366 e. The zero-order chi connectivity index (χ0) is 5.82. The lowest BCUT2D eigenvalue weighted by molar-refractivity contribution is 0.0448. The lowest BCUT2D eigenvalue weighted by Crippen LogP contribution is -2.34. The minimum absolute atomic E-state index is 0.747. The van der Waals surface area contributed by atoms with Gasteiger partial charge in [0.2, 0.25) is 0 Å². The molecule has 2 heteroatoms. The van der Waals surface area contributed by atoms with Gasteiger partial charge in [0, 0.05) is 6.54 Å². The fourth-order valence-electron chi connectivity index (χ4n) is 0.882. The molecular formula is C6H13NO. The van der Waals surface area contributed by atoms with Gasteiger partial charge in [0.05, 0.1) is 13.3 Å². The summed E-state index contributed by atoms with van der Waals surface area (Å²) in [5.74, 6) is 0.753. The van der Waals surface area contributed by atoms with E-state index in [2.05, 4.69) is 12.2 Å². The van der Waals surface area contributed by atoms with Crippen LogP contribution in [-0.4, -0.2) is 19.9 Å². The van der Waals surface area contributed by atoms with E-state index in [4.69, 9.17) is 4.74 Å². The van der Waals surface area contributed by atoms with Crippen LogP contribution in [-0.2, 0) is 4.74 Å². The van der Waals surface area contributed by atoms with Gasteiger partial charge in [-0.3, -0.25) is 5.32 Å². The maximum absolute atomic E-state index is 5.16. The molecule has 1 fully saturated rings. The predicted octanol–water partition coefficient (Wildman–Crippen LogP) is 0.590. The van der Waals surface area contributed by atoms with Gasteiger partial charge in [0.1, 0.15) is 0 Å². The van der Waals surface area contributed by atoms with Crippen molar-refractivity contribution in [2.24, 2.45) is 5.92 Å².